The third-order valence-corrected chi connectivity index (χ3v) is 4.24. The molecule has 0 radical (unpaired) electrons. The van der Waals surface area contributed by atoms with Gasteiger partial charge in [0, 0.05) is 15.6 Å². The Hall–Kier alpha value is -2.64. The van der Waals surface area contributed by atoms with Gasteiger partial charge < -0.3 is 4.42 Å². The number of allylic oxidation sites excluding steroid dienone is 1. The number of aryl methyl sites for hydroxylation is 1. The SMILES string of the molecule is Cc1ccc(-c2ccc(C=C(C#N)c3ccccc3F)o2)c(Br)c1. The van der Waals surface area contributed by atoms with E-state index in [-0.39, 0.29) is 11.1 Å². The van der Waals surface area contributed by atoms with Crippen LogP contribution in [0.4, 0.5) is 4.39 Å². The van der Waals surface area contributed by atoms with Crippen LogP contribution in [0.1, 0.15) is 16.9 Å². The molecule has 2 nitrogen and oxygen atoms in total. The second kappa shape index (κ2) is 6.86. The van der Waals surface area contributed by atoms with Crippen molar-refractivity contribution in [2.75, 3.05) is 0 Å². The van der Waals surface area contributed by atoms with Crippen LogP contribution in [-0.4, -0.2) is 0 Å². The van der Waals surface area contributed by atoms with Crippen molar-refractivity contribution in [3.63, 3.8) is 0 Å². The summed E-state index contributed by atoms with van der Waals surface area (Å²) in [5, 5.41) is 9.33. The normalized spacial score (nSPS) is 11.3. The molecule has 3 rings (SSSR count). The molecule has 1 heterocycles. The Morgan fingerprint density at radius 1 is 1.17 bits per heavy atom. The second-order valence-electron chi connectivity index (χ2n) is 5.33. The van der Waals surface area contributed by atoms with Crippen LogP contribution in [0.3, 0.4) is 0 Å². The molecule has 0 unspecified atom stereocenters. The first-order valence-corrected chi connectivity index (χ1v) is 8.11. The van der Waals surface area contributed by atoms with Crippen LogP contribution in [0.5, 0.6) is 0 Å². The van der Waals surface area contributed by atoms with Crippen LogP contribution in [0.15, 0.2) is 63.5 Å². The molecule has 24 heavy (non-hydrogen) atoms. The molecule has 0 amide bonds. The smallest absolute Gasteiger partial charge is 0.135 e. The molecule has 0 saturated heterocycles. The Balaban J connectivity index is 1.98. The van der Waals surface area contributed by atoms with Crippen LogP contribution in [-0.2, 0) is 0 Å². The molecule has 3 aromatic rings. The predicted molar refractivity (Wildman–Crippen MR) is 96.5 cm³/mol. The van der Waals surface area contributed by atoms with Crippen molar-refractivity contribution in [3.05, 3.63) is 81.8 Å². The molecular formula is C20H13BrFNO. The van der Waals surface area contributed by atoms with E-state index in [1.165, 1.54) is 6.07 Å². The maximum Gasteiger partial charge on any atom is 0.135 e. The molecule has 0 aliphatic heterocycles. The molecule has 2 aromatic carbocycles. The molecule has 1 aromatic heterocycles. The number of benzene rings is 2. The fraction of sp³-hybridized carbons (Fsp3) is 0.0500. The first kappa shape index (κ1) is 16.2. The number of nitrogens with zero attached hydrogens (tertiary/aromatic N) is 1. The van der Waals surface area contributed by atoms with Crippen LogP contribution in [0, 0.1) is 24.1 Å². The van der Waals surface area contributed by atoms with Crippen LogP contribution in [0.25, 0.3) is 23.0 Å². The van der Waals surface area contributed by atoms with E-state index in [1.807, 2.05) is 37.3 Å². The van der Waals surface area contributed by atoms with Gasteiger partial charge in [-0.2, -0.15) is 5.26 Å². The number of hydrogen-bond acceptors (Lipinski definition) is 2. The average Bonchev–Trinajstić information content (AvgIpc) is 3.01. The minimum Gasteiger partial charge on any atom is -0.457 e. The maximum absolute atomic E-state index is 13.9. The number of halogens is 2. The molecule has 0 bridgehead atoms. The Kier molecular flexibility index (Phi) is 4.64. The fourth-order valence-corrected chi connectivity index (χ4v) is 3.08. The first-order chi connectivity index (χ1) is 11.6. The minimum absolute atomic E-state index is 0.219. The van der Waals surface area contributed by atoms with Gasteiger partial charge in [0.05, 0.1) is 11.6 Å². The monoisotopic (exact) mass is 381 g/mol. The summed E-state index contributed by atoms with van der Waals surface area (Å²) in [7, 11) is 0. The average molecular weight is 382 g/mol. The summed E-state index contributed by atoms with van der Waals surface area (Å²) >= 11 is 3.53. The van der Waals surface area contributed by atoms with Gasteiger partial charge >= 0.3 is 0 Å². The lowest BCUT2D eigenvalue weighted by atomic mass is 10.1. The van der Waals surface area contributed by atoms with E-state index >= 15 is 0 Å². The minimum atomic E-state index is -0.432. The van der Waals surface area contributed by atoms with E-state index in [1.54, 1.807) is 30.3 Å². The summed E-state index contributed by atoms with van der Waals surface area (Å²) in [5.41, 5.74) is 2.54. The van der Waals surface area contributed by atoms with E-state index in [9.17, 15) is 9.65 Å². The number of nitriles is 1. The van der Waals surface area contributed by atoms with Gasteiger partial charge in [-0.3, -0.25) is 0 Å². The van der Waals surface area contributed by atoms with Gasteiger partial charge in [0.15, 0.2) is 0 Å². The highest BCUT2D eigenvalue weighted by molar-refractivity contribution is 9.10. The van der Waals surface area contributed by atoms with Crippen LogP contribution in [0.2, 0.25) is 0 Å². The van der Waals surface area contributed by atoms with Gasteiger partial charge in [0.1, 0.15) is 17.3 Å². The van der Waals surface area contributed by atoms with Crippen LogP contribution >= 0.6 is 15.9 Å². The van der Waals surface area contributed by atoms with E-state index in [2.05, 4.69) is 15.9 Å². The van der Waals surface area contributed by atoms with Crippen molar-refractivity contribution < 1.29 is 8.81 Å². The molecule has 0 fully saturated rings. The quantitative estimate of drug-likeness (QED) is 0.504. The van der Waals surface area contributed by atoms with Crippen molar-refractivity contribution in [3.8, 4) is 17.4 Å². The van der Waals surface area contributed by atoms with Gasteiger partial charge in [-0.05, 0) is 48.9 Å². The summed E-state index contributed by atoms with van der Waals surface area (Å²) in [6, 6.07) is 17.8. The van der Waals surface area contributed by atoms with E-state index in [0.717, 1.165) is 15.6 Å². The molecular weight excluding hydrogens is 369 g/mol. The third-order valence-electron chi connectivity index (χ3n) is 3.59. The van der Waals surface area contributed by atoms with Crippen molar-refractivity contribution in [2.45, 2.75) is 6.92 Å². The van der Waals surface area contributed by atoms with Crippen molar-refractivity contribution in [1.82, 2.24) is 0 Å². The molecule has 118 valence electrons. The predicted octanol–water partition coefficient (Wildman–Crippen LogP) is 6.22. The lowest BCUT2D eigenvalue weighted by Gasteiger charge is -2.02. The largest absolute Gasteiger partial charge is 0.457 e. The number of furan rings is 1. The van der Waals surface area contributed by atoms with Crippen molar-refractivity contribution in [1.29, 1.82) is 5.26 Å². The summed E-state index contributed by atoms with van der Waals surface area (Å²) in [6.45, 7) is 2.01. The van der Waals surface area contributed by atoms with Gasteiger partial charge in [0.2, 0.25) is 0 Å². The molecule has 0 aliphatic rings. The molecule has 0 saturated carbocycles. The van der Waals surface area contributed by atoms with E-state index in [0.29, 0.717) is 11.5 Å². The Labute approximate surface area is 148 Å². The summed E-state index contributed by atoms with van der Waals surface area (Å²) in [6.07, 6.45) is 1.55. The molecule has 0 spiro atoms. The highest BCUT2D eigenvalue weighted by atomic mass is 79.9. The van der Waals surface area contributed by atoms with Gasteiger partial charge in [-0.15, -0.1) is 0 Å². The zero-order valence-corrected chi connectivity index (χ0v) is 14.5. The molecule has 4 heteroatoms. The summed E-state index contributed by atoms with van der Waals surface area (Å²) in [5.74, 6) is 0.745. The summed E-state index contributed by atoms with van der Waals surface area (Å²) < 4.78 is 20.6. The summed E-state index contributed by atoms with van der Waals surface area (Å²) in [4.78, 5) is 0. The molecule has 0 N–H and O–H groups in total. The Bertz CT molecular complexity index is 966. The topological polar surface area (TPSA) is 36.9 Å². The van der Waals surface area contributed by atoms with Crippen molar-refractivity contribution in [2.24, 2.45) is 0 Å². The fourth-order valence-electron chi connectivity index (χ4n) is 2.39. The Morgan fingerprint density at radius 3 is 2.67 bits per heavy atom. The highest BCUT2D eigenvalue weighted by Crippen LogP contribution is 2.31. The van der Waals surface area contributed by atoms with Gasteiger partial charge in [-0.1, -0.05) is 40.2 Å². The van der Waals surface area contributed by atoms with E-state index in [4.69, 9.17) is 4.42 Å². The third kappa shape index (κ3) is 3.32. The zero-order valence-electron chi connectivity index (χ0n) is 12.9. The highest BCUT2D eigenvalue weighted by Gasteiger charge is 2.10. The van der Waals surface area contributed by atoms with Crippen LogP contribution < -0.4 is 0 Å². The second-order valence-corrected chi connectivity index (χ2v) is 6.19. The maximum atomic E-state index is 13.9. The zero-order chi connectivity index (χ0) is 17.1. The first-order valence-electron chi connectivity index (χ1n) is 7.31. The van der Waals surface area contributed by atoms with Crippen molar-refractivity contribution >= 4 is 27.6 Å². The number of rotatable bonds is 3. The van der Waals surface area contributed by atoms with E-state index < -0.39 is 5.82 Å². The van der Waals surface area contributed by atoms with Gasteiger partial charge in [-0.25, -0.2) is 4.39 Å². The Morgan fingerprint density at radius 2 is 1.96 bits per heavy atom. The molecule has 0 aliphatic carbocycles. The number of hydrogen-bond donors (Lipinski definition) is 0. The lowest BCUT2D eigenvalue weighted by molar-refractivity contribution is 0.571. The lowest BCUT2D eigenvalue weighted by Crippen LogP contribution is -1.86. The van der Waals surface area contributed by atoms with Gasteiger partial charge in [0.25, 0.3) is 0 Å². The standard InChI is InChI=1S/C20H13BrFNO/c1-13-6-8-17(18(21)10-13)20-9-7-15(24-20)11-14(12-23)16-4-2-3-5-19(16)22/h2-11H,1H3. The molecule has 0 atom stereocenters.